The lowest BCUT2D eigenvalue weighted by Crippen LogP contribution is -1.99. The molecular weight excluding hydrogens is 330 g/mol. The summed E-state index contributed by atoms with van der Waals surface area (Å²) >= 11 is 6.03. The number of aromatic nitrogens is 3. The topological polar surface area (TPSA) is 30.7 Å². The molecule has 4 rings (SSSR count). The first-order chi connectivity index (χ1) is 12.0. The van der Waals surface area contributed by atoms with Gasteiger partial charge in [-0.1, -0.05) is 29.8 Å². The summed E-state index contributed by atoms with van der Waals surface area (Å²) in [4.78, 5) is 4.61. The summed E-state index contributed by atoms with van der Waals surface area (Å²) in [6.07, 6.45) is 1.84. The first-order valence-electron chi connectivity index (χ1n) is 8.22. The predicted octanol–water partition coefficient (Wildman–Crippen LogP) is 5.67. The lowest BCUT2D eigenvalue weighted by Gasteiger charge is -2.07. The fourth-order valence-electron chi connectivity index (χ4n) is 3.12. The highest BCUT2D eigenvalue weighted by Crippen LogP contribution is 2.31. The van der Waals surface area contributed by atoms with Gasteiger partial charge in [0.2, 0.25) is 0 Å². The molecule has 124 valence electrons. The van der Waals surface area contributed by atoms with Gasteiger partial charge < -0.3 is 0 Å². The third-order valence-corrected chi connectivity index (χ3v) is 4.89. The third-order valence-electron chi connectivity index (χ3n) is 4.63. The van der Waals surface area contributed by atoms with Gasteiger partial charge in [-0.3, -0.25) is 0 Å². The quantitative estimate of drug-likeness (QED) is 0.468. The van der Waals surface area contributed by atoms with Crippen LogP contribution >= 0.6 is 11.6 Å². The maximum absolute atomic E-state index is 6.03. The van der Waals surface area contributed by atoms with Crippen LogP contribution in [0, 0.1) is 20.8 Å². The Morgan fingerprint density at radius 1 is 0.880 bits per heavy atom. The van der Waals surface area contributed by atoms with Crippen LogP contribution in [-0.2, 0) is 0 Å². The summed E-state index contributed by atoms with van der Waals surface area (Å²) in [5.74, 6) is 0. The second kappa shape index (κ2) is 6.01. The number of aryl methyl sites for hydroxylation is 3. The number of hydrogen-bond donors (Lipinski definition) is 0. The molecular formula is C21H18ClN3. The molecule has 0 unspecified atom stereocenters. The van der Waals surface area contributed by atoms with E-state index in [0.29, 0.717) is 0 Å². The highest BCUT2D eigenvalue weighted by molar-refractivity contribution is 6.30. The zero-order valence-corrected chi connectivity index (χ0v) is 15.2. The summed E-state index contributed by atoms with van der Waals surface area (Å²) in [6.45, 7) is 6.26. The molecule has 0 spiro atoms. The van der Waals surface area contributed by atoms with Crippen LogP contribution in [0.3, 0.4) is 0 Å². The monoisotopic (exact) mass is 347 g/mol. The average Bonchev–Trinajstić information content (AvgIpc) is 2.95. The molecule has 2 aromatic carbocycles. The van der Waals surface area contributed by atoms with E-state index < -0.39 is 0 Å². The number of halogens is 1. The predicted molar refractivity (Wildman–Crippen MR) is 104 cm³/mol. The molecule has 0 bridgehead atoms. The molecule has 0 saturated heterocycles. The number of hydrogen-bond acceptors (Lipinski definition) is 2. The van der Waals surface area contributed by atoms with E-state index >= 15 is 0 Å². The molecule has 4 aromatic rings. The van der Waals surface area contributed by atoms with Crippen LogP contribution in [-0.4, -0.2) is 14.8 Å². The summed E-state index contributed by atoms with van der Waals surface area (Å²) < 4.78 is 1.93. The third kappa shape index (κ3) is 2.71. The molecule has 0 radical (unpaired) electrons. The Morgan fingerprint density at radius 2 is 1.64 bits per heavy atom. The minimum Gasteiger partial charge on any atom is -0.236 e. The number of pyridine rings is 1. The molecule has 0 atom stereocenters. The smallest absolute Gasteiger partial charge is 0.163 e. The van der Waals surface area contributed by atoms with Crippen molar-refractivity contribution in [3.05, 3.63) is 76.6 Å². The van der Waals surface area contributed by atoms with Gasteiger partial charge in [0.05, 0.1) is 16.8 Å². The Hall–Kier alpha value is -2.65. The van der Waals surface area contributed by atoms with Gasteiger partial charge in [0, 0.05) is 11.2 Å². The Labute approximate surface area is 151 Å². The zero-order valence-electron chi connectivity index (χ0n) is 14.4. The van der Waals surface area contributed by atoms with Crippen molar-refractivity contribution < 1.29 is 0 Å². The number of rotatable bonds is 2. The van der Waals surface area contributed by atoms with Gasteiger partial charge in [-0.25, -0.2) is 9.67 Å². The van der Waals surface area contributed by atoms with Crippen molar-refractivity contribution in [3.63, 3.8) is 0 Å². The summed E-state index contributed by atoms with van der Waals surface area (Å²) in [7, 11) is 0. The molecule has 2 aromatic heterocycles. The van der Waals surface area contributed by atoms with Gasteiger partial charge in [0.15, 0.2) is 5.65 Å². The van der Waals surface area contributed by atoms with Gasteiger partial charge in [-0.2, -0.15) is 5.10 Å². The number of benzene rings is 2. The van der Waals surface area contributed by atoms with Crippen molar-refractivity contribution in [1.29, 1.82) is 0 Å². The van der Waals surface area contributed by atoms with E-state index in [2.05, 4.69) is 37.0 Å². The normalized spacial score (nSPS) is 11.2. The molecule has 0 saturated carbocycles. The van der Waals surface area contributed by atoms with Crippen LogP contribution in [0.5, 0.6) is 0 Å². The minimum atomic E-state index is 0.733. The molecule has 0 amide bonds. The maximum atomic E-state index is 6.03. The minimum absolute atomic E-state index is 0.733. The van der Waals surface area contributed by atoms with Crippen molar-refractivity contribution in [2.45, 2.75) is 20.8 Å². The molecule has 0 aliphatic carbocycles. The van der Waals surface area contributed by atoms with Crippen LogP contribution in [0.2, 0.25) is 5.02 Å². The lowest BCUT2D eigenvalue weighted by atomic mass is 10.0. The van der Waals surface area contributed by atoms with Gasteiger partial charge >= 0.3 is 0 Å². The van der Waals surface area contributed by atoms with Crippen LogP contribution in [0.1, 0.15) is 16.8 Å². The van der Waals surface area contributed by atoms with Crippen LogP contribution < -0.4 is 0 Å². The van der Waals surface area contributed by atoms with E-state index in [1.807, 2.05) is 48.1 Å². The van der Waals surface area contributed by atoms with E-state index in [1.54, 1.807) is 0 Å². The molecule has 0 aliphatic heterocycles. The van der Waals surface area contributed by atoms with Crippen molar-refractivity contribution >= 4 is 22.6 Å². The van der Waals surface area contributed by atoms with Crippen LogP contribution in [0.4, 0.5) is 0 Å². The van der Waals surface area contributed by atoms with Crippen LogP contribution in [0.15, 0.2) is 54.7 Å². The number of nitrogens with zero attached hydrogens (tertiary/aromatic N) is 3. The first-order valence-corrected chi connectivity index (χ1v) is 8.60. The van der Waals surface area contributed by atoms with E-state index in [4.69, 9.17) is 16.7 Å². The zero-order chi connectivity index (χ0) is 17.6. The second-order valence-corrected chi connectivity index (χ2v) is 6.77. The van der Waals surface area contributed by atoms with E-state index in [1.165, 1.54) is 11.1 Å². The molecule has 0 aliphatic rings. The average molecular weight is 348 g/mol. The second-order valence-electron chi connectivity index (χ2n) is 6.33. The van der Waals surface area contributed by atoms with Crippen LogP contribution in [0.25, 0.3) is 27.8 Å². The Morgan fingerprint density at radius 3 is 2.36 bits per heavy atom. The van der Waals surface area contributed by atoms with E-state index in [0.717, 1.165) is 38.6 Å². The molecule has 4 heteroatoms. The fraction of sp³-hybridized carbons (Fsp3) is 0.143. The summed E-state index contributed by atoms with van der Waals surface area (Å²) in [5.41, 5.74) is 7.61. The highest BCUT2D eigenvalue weighted by atomic mass is 35.5. The summed E-state index contributed by atoms with van der Waals surface area (Å²) in [6, 6.07) is 16.3. The Bertz CT molecular complexity index is 1080. The largest absolute Gasteiger partial charge is 0.236 e. The van der Waals surface area contributed by atoms with Crippen molar-refractivity contribution in [1.82, 2.24) is 14.8 Å². The van der Waals surface area contributed by atoms with Crippen molar-refractivity contribution in [2.75, 3.05) is 0 Å². The fourth-order valence-corrected chi connectivity index (χ4v) is 3.25. The molecule has 0 fully saturated rings. The Balaban J connectivity index is 1.96. The van der Waals surface area contributed by atoms with E-state index in [9.17, 15) is 0 Å². The van der Waals surface area contributed by atoms with Gasteiger partial charge in [0.1, 0.15) is 0 Å². The molecule has 3 nitrogen and oxygen atoms in total. The maximum Gasteiger partial charge on any atom is 0.163 e. The van der Waals surface area contributed by atoms with Crippen molar-refractivity contribution in [2.24, 2.45) is 0 Å². The molecule has 0 N–H and O–H groups in total. The van der Waals surface area contributed by atoms with Gasteiger partial charge in [0.25, 0.3) is 0 Å². The molecule has 25 heavy (non-hydrogen) atoms. The molecule has 2 heterocycles. The van der Waals surface area contributed by atoms with E-state index in [-0.39, 0.29) is 0 Å². The standard InChI is InChI=1S/C21H18ClN3/c1-13-4-9-18(12-14(13)2)25-21-20(15(3)24-25)19(10-11-23-21)16-5-7-17(22)8-6-16/h4-12H,1-3H3. The first kappa shape index (κ1) is 15.9. The Kier molecular flexibility index (Phi) is 3.81. The summed E-state index contributed by atoms with van der Waals surface area (Å²) in [5, 5.41) is 6.57. The van der Waals surface area contributed by atoms with Crippen molar-refractivity contribution in [3.8, 4) is 16.8 Å². The lowest BCUT2D eigenvalue weighted by molar-refractivity contribution is 0.875. The number of fused-ring (bicyclic) bond motifs is 1. The SMILES string of the molecule is Cc1ccc(-n2nc(C)c3c(-c4ccc(Cl)cc4)ccnc32)cc1C. The van der Waals surface area contributed by atoms with Gasteiger partial charge in [-0.05, 0) is 73.4 Å². The highest BCUT2D eigenvalue weighted by Gasteiger charge is 2.15. The van der Waals surface area contributed by atoms with Gasteiger partial charge in [-0.15, -0.1) is 0 Å².